The third-order valence-electron chi connectivity index (χ3n) is 10.2. The fraction of sp³-hybridized carbons (Fsp3) is 0.278. The van der Waals surface area contributed by atoms with Crippen molar-refractivity contribution < 1.29 is 29.0 Å². The number of likely N-dealkylation sites (tertiary alicyclic amines) is 1. The monoisotopic (exact) mass is 699 g/mol. The highest BCUT2D eigenvalue weighted by molar-refractivity contribution is 14.1. The first kappa shape index (κ1) is 28.7. The molecule has 222 valence electrons. The van der Waals surface area contributed by atoms with E-state index in [2.05, 4.69) is 0 Å². The average molecular weight is 700 g/mol. The number of nitrogens with zero attached hydrogens (tertiary/aromatic N) is 1. The Hall–Kier alpha value is -4.05. The minimum Gasteiger partial charge on any atom is -0.504 e. The number of rotatable bonds is 4. The number of Topliss-reactive ketones (excluding diaryl/α,β-unsaturated/α-hetero) is 1. The molecule has 3 aliphatic carbocycles. The zero-order valence-corrected chi connectivity index (χ0v) is 26.4. The maximum atomic E-state index is 15.0. The highest BCUT2D eigenvalue weighted by Crippen LogP contribution is 2.64. The Morgan fingerprint density at radius 1 is 0.932 bits per heavy atom. The molecule has 6 atom stereocenters. The third-order valence-corrected chi connectivity index (χ3v) is 11.0. The van der Waals surface area contributed by atoms with Crippen molar-refractivity contribution in [1.29, 1.82) is 0 Å². The van der Waals surface area contributed by atoms with Gasteiger partial charge >= 0.3 is 0 Å². The molecule has 7 rings (SSSR count). The van der Waals surface area contributed by atoms with Crippen molar-refractivity contribution in [2.24, 2.45) is 23.7 Å². The maximum Gasteiger partial charge on any atom is 0.233 e. The molecule has 1 saturated heterocycles. The number of ether oxygens (including phenoxy) is 1. The van der Waals surface area contributed by atoms with Crippen LogP contribution in [0.2, 0.25) is 0 Å². The Bertz CT molecular complexity index is 1800. The molecule has 1 heterocycles. The van der Waals surface area contributed by atoms with Crippen molar-refractivity contribution >= 4 is 51.5 Å². The molecule has 3 aromatic carbocycles. The van der Waals surface area contributed by atoms with E-state index >= 15 is 0 Å². The lowest BCUT2D eigenvalue weighted by atomic mass is 9.44. The number of allylic oxidation sites excluding steroid dienone is 4. The second-order valence-corrected chi connectivity index (χ2v) is 13.2. The fourth-order valence-corrected chi connectivity index (χ4v) is 8.95. The number of carbonyl (C=O) groups is 4. The molecule has 0 radical (unpaired) electrons. The van der Waals surface area contributed by atoms with Crippen molar-refractivity contribution in [3.05, 3.63) is 111 Å². The summed E-state index contributed by atoms with van der Waals surface area (Å²) in [6, 6.07) is 22.2. The second-order valence-electron chi connectivity index (χ2n) is 12.1. The summed E-state index contributed by atoms with van der Waals surface area (Å²) in [7, 11) is 3.00. The smallest absolute Gasteiger partial charge is 0.233 e. The molecular formula is C36H30INO6. The number of hydrogen-bond acceptors (Lipinski definition) is 6. The Balaban J connectivity index is 1.55. The van der Waals surface area contributed by atoms with Gasteiger partial charge in [-0.3, -0.25) is 24.1 Å². The number of hydrogen-bond donors (Lipinski definition) is 1. The first-order chi connectivity index (χ1) is 21.2. The number of aromatic hydroxyl groups is 1. The van der Waals surface area contributed by atoms with Gasteiger partial charge in [-0.05, 0) is 76.2 Å². The first-order valence-corrected chi connectivity index (χ1v) is 15.8. The van der Waals surface area contributed by atoms with Crippen LogP contribution in [0.3, 0.4) is 0 Å². The Morgan fingerprint density at radius 3 is 2.30 bits per heavy atom. The van der Waals surface area contributed by atoms with Crippen LogP contribution in [0, 0.1) is 27.2 Å². The number of methoxy groups -OCH3 is 1. The van der Waals surface area contributed by atoms with Crippen molar-refractivity contribution in [2.75, 3.05) is 14.2 Å². The fourth-order valence-electron chi connectivity index (χ4n) is 8.32. The summed E-state index contributed by atoms with van der Waals surface area (Å²) in [5, 5.41) is 10.8. The van der Waals surface area contributed by atoms with Gasteiger partial charge in [0.1, 0.15) is 0 Å². The van der Waals surface area contributed by atoms with Crippen molar-refractivity contribution in [1.82, 2.24) is 4.90 Å². The number of phenols is 1. The van der Waals surface area contributed by atoms with E-state index in [1.165, 1.54) is 25.1 Å². The van der Waals surface area contributed by atoms with Crippen LogP contribution in [-0.2, 0) is 24.6 Å². The third kappa shape index (κ3) is 3.92. The van der Waals surface area contributed by atoms with Gasteiger partial charge in [0.25, 0.3) is 0 Å². The molecule has 0 bridgehead atoms. The molecule has 0 spiro atoms. The lowest BCUT2D eigenvalue weighted by molar-refractivity contribution is -0.139. The van der Waals surface area contributed by atoms with E-state index in [4.69, 9.17) is 4.74 Å². The normalized spacial score (nSPS) is 29.4. The number of ketones is 2. The van der Waals surface area contributed by atoms with E-state index in [0.29, 0.717) is 32.3 Å². The van der Waals surface area contributed by atoms with Crippen LogP contribution < -0.4 is 4.74 Å². The minimum absolute atomic E-state index is 0.0114. The molecule has 2 fully saturated rings. The minimum atomic E-state index is -1.32. The van der Waals surface area contributed by atoms with E-state index in [0.717, 1.165) is 5.57 Å². The van der Waals surface area contributed by atoms with Gasteiger partial charge in [0.2, 0.25) is 11.8 Å². The lowest BCUT2D eigenvalue weighted by Gasteiger charge is -2.55. The van der Waals surface area contributed by atoms with E-state index in [-0.39, 0.29) is 41.3 Å². The number of imide groups is 1. The lowest BCUT2D eigenvalue weighted by Crippen LogP contribution is -2.58. The number of fused-ring (bicyclic) bond motifs is 4. The van der Waals surface area contributed by atoms with Crippen molar-refractivity contribution in [2.45, 2.75) is 24.2 Å². The molecule has 2 amide bonds. The van der Waals surface area contributed by atoms with Crippen LogP contribution in [0.15, 0.2) is 90.5 Å². The second kappa shape index (κ2) is 10.5. The van der Waals surface area contributed by atoms with Crippen LogP contribution in [-0.4, -0.2) is 47.5 Å². The summed E-state index contributed by atoms with van der Waals surface area (Å²) in [5.74, 6) is -3.56. The van der Waals surface area contributed by atoms with E-state index in [1.807, 2.05) is 95.4 Å². The summed E-state index contributed by atoms with van der Waals surface area (Å²) < 4.78 is 6.10. The van der Waals surface area contributed by atoms with E-state index < -0.39 is 35.0 Å². The van der Waals surface area contributed by atoms with Gasteiger partial charge < -0.3 is 9.84 Å². The van der Waals surface area contributed by atoms with Crippen molar-refractivity contribution in [3.8, 4) is 11.5 Å². The SMILES string of the molecule is COc1cc([C@H]2C3=CC[C@@H]4C(=O)N(C)C(=O)[C@@H]4[C@@H]3C[C@H]3C(=O)C(c4ccccc4)=CC(=O)[C@@]23c2ccccc2)cc(I)c1O. The zero-order valence-electron chi connectivity index (χ0n) is 24.2. The predicted molar refractivity (Wildman–Crippen MR) is 172 cm³/mol. The highest BCUT2D eigenvalue weighted by atomic mass is 127. The summed E-state index contributed by atoms with van der Waals surface area (Å²) in [4.78, 5) is 57.8. The molecule has 4 aliphatic rings. The van der Waals surface area contributed by atoms with Crippen LogP contribution in [0.25, 0.3) is 5.57 Å². The number of benzene rings is 3. The van der Waals surface area contributed by atoms with Gasteiger partial charge in [0.05, 0.1) is 27.9 Å². The highest BCUT2D eigenvalue weighted by Gasteiger charge is 2.65. The van der Waals surface area contributed by atoms with Crippen LogP contribution in [0.1, 0.15) is 35.4 Å². The topological polar surface area (TPSA) is 101 Å². The van der Waals surface area contributed by atoms with Gasteiger partial charge in [0, 0.05) is 24.5 Å². The number of amides is 2. The molecule has 0 aromatic heterocycles. The van der Waals surface area contributed by atoms with Crippen LogP contribution in [0.4, 0.5) is 0 Å². The largest absolute Gasteiger partial charge is 0.504 e. The number of carbonyl (C=O) groups excluding carboxylic acids is 4. The molecule has 1 N–H and O–H groups in total. The van der Waals surface area contributed by atoms with E-state index in [9.17, 15) is 24.3 Å². The van der Waals surface area contributed by atoms with Gasteiger partial charge in [-0.25, -0.2) is 0 Å². The van der Waals surface area contributed by atoms with Gasteiger partial charge in [-0.15, -0.1) is 0 Å². The Labute approximate surface area is 268 Å². The van der Waals surface area contributed by atoms with Crippen LogP contribution in [0.5, 0.6) is 11.5 Å². The Kier molecular flexibility index (Phi) is 6.88. The Morgan fingerprint density at radius 2 is 1.61 bits per heavy atom. The summed E-state index contributed by atoms with van der Waals surface area (Å²) in [6.07, 6.45) is 4.16. The van der Waals surface area contributed by atoms with Gasteiger partial charge in [-0.1, -0.05) is 72.3 Å². The molecule has 7 nitrogen and oxygen atoms in total. The summed E-state index contributed by atoms with van der Waals surface area (Å²) >= 11 is 2.04. The molecule has 3 aromatic rings. The predicted octanol–water partition coefficient (Wildman–Crippen LogP) is 5.46. The molecule has 1 saturated carbocycles. The molecule has 44 heavy (non-hydrogen) atoms. The van der Waals surface area contributed by atoms with Gasteiger partial charge in [0.15, 0.2) is 23.1 Å². The number of halogens is 1. The van der Waals surface area contributed by atoms with Crippen molar-refractivity contribution in [3.63, 3.8) is 0 Å². The molecule has 8 heteroatoms. The summed E-state index contributed by atoms with van der Waals surface area (Å²) in [6.45, 7) is 0. The molecular weight excluding hydrogens is 669 g/mol. The first-order valence-electron chi connectivity index (χ1n) is 14.7. The standard InChI is InChI=1S/C36H30INO6/c1-38-34(42)23-14-13-22-25(30(23)35(38)43)17-26-32(40)24(19-9-5-3-6-10-19)18-29(39)36(26,21-11-7-4-8-12-21)31(22)20-15-27(37)33(41)28(16-20)44-2/h3-13,15-16,18,23,25-26,30-31,41H,14,17H2,1-2H3/t23-,25+,26-,30-,31-,36-/m0/s1. The average Bonchev–Trinajstić information content (AvgIpc) is 3.27. The maximum absolute atomic E-state index is 15.0. The zero-order chi connectivity index (χ0) is 30.9. The van der Waals surface area contributed by atoms with Crippen LogP contribution >= 0.6 is 22.6 Å². The molecule has 1 aliphatic heterocycles. The van der Waals surface area contributed by atoms with E-state index in [1.54, 1.807) is 6.07 Å². The quantitative estimate of drug-likeness (QED) is 0.221. The number of phenolic OH excluding ortho intramolecular Hbond substituents is 1. The van der Waals surface area contributed by atoms with Gasteiger partial charge in [-0.2, -0.15) is 0 Å². The molecule has 0 unspecified atom stereocenters. The summed E-state index contributed by atoms with van der Waals surface area (Å²) in [5.41, 5.74) is 1.99.